The molecule has 2 N–H and O–H groups in total. The van der Waals surface area contributed by atoms with Gasteiger partial charge in [0.15, 0.2) is 0 Å². The highest BCUT2D eigenvalue weighted by Gasteiger charge is 2.31. The standard InChI is InChI=1S/C13H19F3N2O2/c1-9(19)6-12(2,3)8-18-11-5-4-10(7-17-11)20-13(14,15)16/h4-5,7,9,19H,6,8H2,1-3H3,(H,17,18). The van der Waals surface area contributed by atoms with Crippen LogP contribution in [-0.2, 0) is 0 Å². The van der Waals surface area contributed by atoms with Gasteiger partial charge in [-0.05, 0) is 30.9 Å². The van der Waals surface area contributed by atoms with Gasteiger partial charge in [0.25, 0.3) is 0 Å². The van der Waals surface area contributed by atoms with Crippen molar-refractivity contribution in [2.45, 2.75) is 39.7 Å². The number of pyridine rings is 1. The van der Waals surface area contributed by atoms with Gasteiger partial charge in [-0.2, -0.15) is 0 Å². The van der Waals surface area contributed by atoms with Crippen molar-refractivity contribution >= 4 is 5.82 Å². The van der Waals surface area contributed by atoms with Gasteiger partial charge in [0.2, 0.25) is 0 Å². The van der Waals surface area contributed by atoms with Gasteiger partial charge in [0, 0.05) is 6.54 Å². The van der Waals surface area contributed by atoms with Gasteiger partial charge in [-0.25, -0.2) is 4.98 Å². The number of aliphatic hydroxyl groups is 1. The number of hydrogen-bond donors (Lipinski definition) is 2. The Balaban J connectivity index is 2.54. The first-order chi connectivity index (χ1) is 9.07. The lowest BCUT2D eigenvalue weighted by molar-refractivity contribution is -0.274. The molecule has 0 saturated carbocycles. The molecule has 7 heteroatoms. The van der Waals surface area contributed by atoms with Crippen LogP contribution in [0.3, 0.4) is 0 Å². The van der Waals surface area contributed by atoms with E-state index in [1.165, 1.54) is 12.1 Å². The van der Waals surface area contributed by atoms with Crippen LogP contribution in [0.4, 0.5) is 19.0 Å². The Hall–Kier alpha value is -1.50. The van der Waals surface area contributed by atoms with E-state index in [0.717, 1.165) is 6.20 Å². The van der Waals surface area contributed by atoms with Crippen molar-refractivity contribution in [3.8, 4) is 5.75 Å². The average Bonchev–Trinajstić information content (AvgIpc) is 2.24. The first kappa shape index (κ1) is 16.6. The summed E-state index contributed by atoms with van der Waals surface area (Å²) in [6, 6.07) is 2.62. The minimum absolute atomic E-state index is 0.156. The van der Waals surface area contributed by atoms with Gasteiger partial charge >= 0.3 is 6.36 Å². The Morgan fingerprint density at radius 3 is 2.45 bits per heavy atom. The molecule has 1 rings (SSSR count). The number of nitrogens with one attached hydrogen (secondary N) is 1. The number of aromatic nitrogens is 1. The molecule has 0 fully saturated rings. The summed E-state index contributed by atoms with van der Waals surface area (Å²) in [5, 5.41) is 12.4. The molecule has 0 bridgehead atoms. The number of hydrogen-bond acceptors (Lipinski definition) is 4. The molecular weight excluding hydrogens is 273 g/mol. The van der Waals surface area contributed by atoms with Crippen molar-refractivity contribution in [1.82, 2.24) is 4.98 Å². The highest BCUT2D eigenvalue weighted by Crippen LogP contribution is 2.25. The van der Waals surface area contributed by atoms with Crippen molar-refractivity contribution in [3.05, 3.63) is 18.3 Å². The average molecular weight is 292 g/mol. The number of anilines is 1. The van der Waals surface area contributed by atoms with Crippen molar-refractivity contribution in [3.63, 3.8) is 0 Å². The summed E-state index contributed by atoms with van der Waals surface area (Å²) < 4.78 is 39.7. The first-order valence-electron chi connectivity index (χ1n) is 6.21. The molecule has 4 nitrogen and oxygen atoms in total. The summed E-state index contributed by atoms with van der Waals surface area (Å²) in [7, 11) is 0. The number of aliphatic hydroxyl groups excluding tert-OH is 1. The molecule has 1 heterocycles. The molecule has 0 saturated heterocycles. The van der Waals surface area contributed by atoms with Crippen LogP contribution >= 0.6 is 0 Å². The van der Waals surface area contributed by atoms with Crippen LogP contribution in [0, 0.1) is 5.41 Å². The fraction of sp³-hybridized carbons (Fsp3) is 0.615. The minimum atomic E-state index is -4.71. The topological polar surface area (TPSA) is 54.4 Å². The second-order valence-electron chi connectivity index (χ2n) is 5.50. The SMILES string of the molecule is CC(O)CC(C)(C)CNc1ccc(OC(F)(F)F)cn1. The third-order valence-electron chi connectivity index (χ3n) is 2.57. The Morgan fingerprint density at radius 2 is 2.00 bits per heavy atom. The maximum atomic E-state index is 12.0. The van der Waals surface area contributed by atoms with Crippen LogP contribution in [0.1, 0.15) is 27.2 Å². The fourth-order valence-corrected chi connectivity index (χ4v) is 1.88. The van der Waals surface area contributed by atoms with Crippen LogP contribution in [-0.4, -0.2) is 29.1 Å². The maximum Gasteiger partial charge on any atom is 0.573 e. The van der Waals surface area contributed by atoms with Gasteiger partial charge in [-0.15, -0.1) is 13.2 Å². The lowest BCUT2D eigenvalue weighted by Gasteiger charge is -2.26. The van der Waals surface area contributed by atoms with E-state index >= 15 is 0 Å². The van der Waals surface area contributed by atoms with E-state index < -0.39 is 12.5 Å². The van der Waals surface area contributed by atoms with Crippen LogP contribution in [0.5, 0.6) is 5.75 Å². The second kappa shape index (κ2) is 6.30. The van der Waals surface area contributed by atoms with E-state index in [1.807, 2.05) is 13.8 Å². The molecule has 1 atom stereocenters. The number of nitrogens with zero attached hydrogens (tertiary/aromatic N) is 1. The Bertz CT molecular complexity index is 417. The second-order valence-corrected chi connectivity index (χ2v) is 5.50. The molecule has 20 heavy (non-hydrogen) atoms. The molecule has 0 aliphatic carbocycles. The monoisotopic (exact) mass is 292 g/mol. The Kier molecular flexibility index (Phi) is 5.21. The third-order valence-corrected chi connectivity index (χ3v) is 2.57. The van der Waals surface area contributed by atoms with E-state index in [-0.39, 0.29) is 11.2 Å². The summed E-state index contributed by atoms with van der Waals surface area (Å²) >= 11 is 0. The molecule has 1 unspecified atom stereocenters. The van der Waals surface area contributed by atoms with Crippen LogP contribution in [0.25, 0.3) is 0 Å². The smallest absolute Gasteiger partial charge is 0.404 e. The van der Waals surface area contributed by atoms with Gasteiger partial charge in [0.05, 0.1) is 12.3 Å². The molecule has 114 valence electrons. The van der Waals surface area contributed by atoms with Crippen LogP contribution < -0.4 is 10.1 Å². The third kappa shape index (κ3) is 6.60. The van der Waals surface area contributed by atoms with Crippen molar-refractivity contribution in [1.29, 1.82) is 0 Å². The predicted molar refractivity (Wildman–Crippen MR) is 69.5 cm³/mol. The molecule has 1 aromatic heterocycles. The molecule has 0 radical (unpaired) electrons. The van der Waals surface area contributed by atoms with Crippen molar-refractivity contribution < 1.29 is 23.0 Å². The van der Waals surface area contributed by atoms with E-state index in [9.17, 15) is 18.3 Å². The number of rotatable bonds is 6. The van der Waals surface area contributed by atoms with Gasteiger partial charge in [-0.3, -0.25) is 0 Å². The molecule has 0 spiro atoms. The quantitative estimate of drug-likeness (QED) is 0.845. The highest BCUT2D eigenvalue weighted by molar-refractivity contribution is 5.37. The van der Waals surface area contributed by atoms with Crippen molar-refractivity contribution in [2.75, 3.05) is 11.9 Å². The summed E-state index contributed by atoms with van der Waals surface area (Å²) in [5.74, 6) is 0.101. The van der Waals surface area contributed by atoms with E-state index in [2.05, 4.69) is 15.0 Å². The Morgan fingerprint density at radius 1 is 1.35 bits per heavy atom. The summed E-state index contributed by atoms with van der Waals surface area (Å²) in [5.41, 5.74) is -0.156. The fourth-order valence-electron chi connectivity index (χ4n) is 1.88. The summed E-state index contributed by atoms with van der Waals surface area (Å²) in [6.07, 6.45) is -3.51. The van der Waals surface area contributed by atoms with Gasteiger partial charge in [-0.1, -0.05) is 13.8 Å². The largest absolute Gasteiger partial charge is 0.573 e. The molecular formula is C13H19F3N2O2. The van der Waals surface area contributed by atoms with Gasteiger partial charge < -0.3 is 15.2 Å². The molecule has 0 amide bonds. The minimum Gasteiger partial charge on any atom is -0.404 e. The zero-order valence-corrected chi connectivity index (χ0v) is 11.7. The Labute approximate surface area is 116 Å². The molecule has 1 aromatic rings. The van der Waals surface area contributed by atoms with Crippen LogP contribution in [0.15, 0.2) is 18.3 Å². The summed E-state index contributed by atoms with van der Waals surface area (Å²) in [6.45, 7) is 6.22. The normalized spacial score (nSPS) is 13.9. The van der Waals surface area contributed by atoms with E-state index in [4.69, 9.17) is 0 Å². The summed E-state index contributed by atoms with van der Waals surface area (Å²) in [4.78, 5) is 3.85. The lowest BCUT2D eigenvalue weighted by atomic mass is 9.87. The highest BCUT2D eigenvalue weighted by atomic mass is 19.4. The number of ether oxygens (including phenoxy) is 1. The van der Waals surface area contributed by atoms with Crippen LogP contribution in [0.2, 0.25) is 0 Å². The zero-order valence-electron chi connectivity index (χ0n) is 11.7. The predicted octanol–water partition coefficient (Wildman–Crippen LogP) is 3.19. The number of halogens is 3. The first-order valence-corrected chi connectivity index (χ1v) is 6.21. The van der Waals surface area contributed by atoms with Crippen molar-refractivity contribution in [2.24, 2.45) is 5.41 Å². The molecule has 0 aliphatic rings. The molecule has 0 aromatic carbocycles. The van der Waals surface area contributed by atoms with E-state index in [1.54, 1.807) is 6.92 Å². The zero-order chi connectivity index (χ0) is 15.4. The maximum absolute atomic E-state index is 12.0. The van der Waals surface area contributed by atoms with E-state index in [0.29, 0.717) is 18.8 Å². The number of alkyl halides is 3. The lowest BCUT2D eigenvalue weighted by Crippen LogP contribution is -2.27. The molecule has 0 aliphatic heterocycles. The van der Waals surface area contributed by atoms with Gasteiger partial charge in [0.1, 0.15) is 11.6 Å².